The van der Waals surface area contributed by atoms with Crippen molar-refractivity contribution < 1.29 is 4.42 Å². The quantitative estimate of drug-likeness (QED) is 0.722. The van der Waals surface area contributed by atoms with Crippen LogP contribution in [0.4, 0.5) is 5.82 Å². The fraction of sp³-hybridized carbons (Fsp3) is 0.125. The van der Waals surface area contributed by atoms with Crippen LogP contribution in [0.15, 0.2) is 59.2 Å². The maximum atomic E-state index is 6.07. The van der Waals surface area contributed by atoms with Gasteiger partial charge in [0.25, 0.3) is 0 Å². The molecule has 0 aliphatic rings. The zero-order chi connectivity index (χ0) is 14.5. The summed E-state index contributed by atoms with van der Waals surface area (Å²) in [6.45, 7) is 0.717. The summed E-state index contributed by atoms with van der Waals surface area (Å²) in [5.41, 5.74) is 0.939. The molecule has 2 heterocycles. The zero-order valence-electron chi connectivity index (χ0n) is 11.3. The lowest BCUT2D eigenvalue weighted by Gasteiger charge is -2.07. The largest absolute Gasteiger partial charge is 0.469 e. The van der Waals surface area contributed by atoms with Crippen LogP contribution in [0.2, 0.25) is 5.15 Å². The van der Waals surface area contributed by atoms with Crippen molar-refractivity contribution in [2.45, 2.75) is 6.42 Å². The molecule has 0 saturated carbocycles. The van der Waals surface area contributed by atoms with Crippen molar-refractivity contribution >= 4 is 17.4 Å². The Morgan fingerprint density at radius 3 is 2.67 bits per heavy atom. The lowest BCUT2D eigenvalue weighted by atomic mass is 10.2. The molecule has 0 radical (unpaired) electrons. The second-order valence-corrected chi connectivity index (χ2v) is 4.91. The Kier molecular flexibility index (Phi) is 4.17. The van der Waals surface area contributed by atoms with Crippen LogP contribution in [0.1, 0.15) is 5.76 Å². The average molecular weight is 300 g/mol. The average Bonchev–Trinajstić information content (AvgIpc) is 3.01. The van der Waals surface area contributed by atoms with Crippen LogP contribution in [-0.2, 0) is 6.42 Å². The van der Waals surface area contributed by atoms with Crippen LogP contribution >= 0.6 is 11.6 Å². The maximum Gasteiger partial charge on any atom is 0.163 e. The number of nitrogens with one attached hydrogen (secondary N) is 1. The van der Waals surface area contributed by atoms with Gasteiger partial charge in [-0.2, -0.15) is 0 Å². The number of halogens is 1. The van der Waals surface area contributed by atoms with E-state index in [4.69, 9.17) is 16.0 Å². The van der Waals surface area contributed by atoms with Crippen molar-refractivity contribution in [3.8, 4) is 11.4 Å². The molecule has 3 aromatic rings. The maximum absolute atomic E-state index is 6.07. The number of benzene rings is 1. The molecular weight excluding hydrogens is 286 g/mol. The van der Waals surface area contributed by atoms with Gasteiger partial charge in [-0.1, -0.05) is 41.9 Å². The van der Waals surface area contributed by atoms with Crippen molar-refractivity contribution in [3.63, 3.8) is 0 Å². The molecule has 3 rings (SSSR count). The highest BCUT2D eigenvalue weighted by Crippen LogP contribution is 2.20. The lowest BCUT2D eigenvalue weighted by molar-refractivity contribution is 0.513. The van der Waals surface area contributed by atoms with Crippen LogP contribution < -0.4 is 5.32 Å². The minimum absolute atomic E-state index is 0.421. The Balaban J connectivity index is 1.72. The molecule has 1 N–H and O–H groups in total. The van der Waals surface area contributed by atoms with E-state index < -0.39 is 0 Å². The fourth-order valence-electron chi connectivity index (χ4n) is 1.99. The molecule has 106 valence electrons. The molecule has 2 aromatic heterocycles. The summed E-state index contributed by atoms with van der Waals surface area (Å²) in [4.78, 5) is 8.74. The SMILES string of the molecule is Clc1cc(NCCc2ccco2)nc(-c2ccccc2)n1. The number of rotatable bonds is 5. The van der Waals surface area contributed by atoms with Gasteiger partial charge >= 0.3 is 0 Å². The van der Waals surface area contributed by atoms with Crippen LogP contribution in [0.3, 0.4) is 0 Å². The molecular formula is C16H14ClN3O. The molecule has 0 atom stereocenters. The lowest BCUT2D eigenvalue weighted by Crippen LogP contribution is -2.07. The van der Waals surface area contributed by atoms with Crippen molar-refractivity contribution in [2.24, 2.45) is 0 Å². The third-order valence-electron chi connectivity index (χ3n) is 2.98. The first-order valence-electron chi connectivity index (χ1n) is 6.67. The number of anilines is 1. The number of aromatic nitrogens is 2. The van der Waals surface area contributed by atoms with Crippen molar-refractivity contribution in [1.29, 1.82) is 0 Å². The van der Waals surface area contributed by atoms with Gasteiger partial charge in [0.05, 0.1) is 6.26 Å². The summed E-state index contributed by atoms with van der Waals surface area (Å²) >= 11 is 6.07. The van der Waals surface area contributed by atoms with E-state index in [1.54, 1.807) is 12.3 Å². The van der Waals surface area contributed by atoms with E-state index in [1.807, 2.05) is 42.5 Å². The third kappa shape index (κ3) is 3.61. The van der Waals surface area contributed by atoms with Gasteiger partial charge in [-0.3, -0.25) is 0 Å². The highest BCUT2D eigenvalue weighted by atomic mass is 35.5. The monoisotopic (exact) mass is 299 g/mol. The summed E-state index contributed by atoms with van der Waals surface area (Å²) in [6, 6.07) is 15.3. The smallest absolute Gasteiger partial charge is 0.163 e. The van der Waals surface area contributed by atoms with Gasteiger partial charge in [0.15, 0.2) is 5.82 Å². The van der Waals surface area contributed by atoms with Gasteiger partial charge < -0.3 is 9.73 Å². The summed E-state index contributed by atoms with van der Waals surface area (Å²) in [5.74, 6) is 2.26. The van der Waals surface area contributed by atoms with Crippen molar-refractivity contribution in [3.05, 3.63) is 65.7 Å². The van der Waals surface area contributed by atoms with E-state index in [-0.39, 0.29) is 0 Å². The summed E-state index contributed by atoms with van der Waals surface area (Å²) in [7, 11) is 0. The van der Waals surface area contributed by atoms with Crippen molar-refractivity contribution in [1.82, 2.24) is 9.97 Å². The standard InChI is InChI=1S/C16H14ClN3O/c17-14-11-15(18-9-8-13-7-4-10-21-13)20-16(19-14)12-5-2-1-3-6-12/h1-7,10-11H,8-9H2,(H,18,19,20). The van der Waals surface area contributed by atoms with Crippen molar-refractivity contribution in [2.75, 3.05) is 11.9 Å². The molecule has 0 bridgehead atoms. The fourth-order valence-corrected chi connectivity index (χ4v) is 2.18. The van der Waals surface area contributed by atoms with Crippen LogP contribution in [0.25, 0.3) is 11.4 Å². The second-order valence-electron chi connectivity index (χ2n) is 4.52. The number of hydrogen-bond donors (Lipinski definition) is 1. The molecule has 0 aliphatic heterocycles. The molecule has 0 amide bonds. The molecule has 4 nitrogen and oxygen atoms in total. The molecule has 5 heteroatoms. The van der Waals surface area contributed by atoms with Crippen LogP contribution in [0, 0.1) is 0 Å². The Morgan fingerprint density at radius 1 is 1.05 bits per heavy atom. The molecule has 0 fully saturated rings. The number of hydrogen-bond acceptors (Lipinski definition) is 4. The zero-order valence-corrected chi connectivity index (χ0v) is 12.0. The van der Waals surface area contributed by atoms with E-state index >= 15 is 0 Å². The minimum atomic E-state index is 0.421. The normalized spacial score (nSPS) is 10.5. The molecule has 21 heavy (non-hydrogen) atoms. The second kappa shape index (κ2) is 6.41. The van der Waals surface area contributed by atoms with E-state index in [1.165, 1.54) is 0 Å². The van der Waals surface area contributed by atoms with Gasteiger partial charge in [0.2, 0.25) is 0 Å². The Hall–Kier alpha value is -2.33. The summed E-state index contributed by atoms with van der Waals surface area (Å²) < 4.78 is 5.29. The minimum Gasteiger partial charge on any atom is -0.469 e. The first kappa shape index (κ1) is 13.6. The molecule has 0 aliphatic carbocycles. The van der Waals surface area contributed by atoms with Gasteiger partial charge in [0, 0.05) is 24.6 Å². The van der Waals surface area contributed by atoms with Gasteiger partial charge in [0.1, 0.15) is 16.7 Å². The third-order valence-corrected chi connectivity index (χ3v) is 3.18. The predicted octanol–water partition coefficient (Wildman–Crippen LogP) is 4.04. The summed E-state index contributed by atoms with van der Waals surface area (Å²) in [5, 5.41) is 3.66. The van der Waals surface area contributed by atoms with Gasteiger partial charge in [-0.15, -0.1) is 0 Å². The summed E-state index contributed by atoms with van der Waals surface area (Å²) in [6.07, 6.45) is 2.46. The molecule has 1 aromatic carbocycles. The van der Waals surface area contributed by atoms with E-state index in [0.717, 1.165) is 24.3 Å². The van der Waals surface area contributed by atoms with E-state index in [9.17, 15) is 0 Å². The van der Waals surface area contributed by atoms with Gasteiger partial charge in [-0.05, 0) is 12.1 Å². The first-order chi connectivity index (χ1) is 10.3. The number of furan rings is 1. The first-order valence-corrected chi connectivity index (χ1v) is 7.05. The Labute approximate surface area is 127 Å². The Morgan fingerprint density at radius 2 is 1.90 bits per heavy atom. The van der Waals surface area contributed by atoms with Crippen LogP contribution in [-0.4, -0.2) is 16.5 Å². The highest BCUT2D eigenvalue weighted by molar-refractivity contribution is 6.29. The molecule has 0 saturated heterocycles. The van der Waals surface area contributed by atoms with E-state index in [2.05, 4.69) is 15.3 Å². The van der Waals surface area contributed by atoms with Crippen LogP contribution in [0.5, 0.6) is 0 Å². The Bertz CT molecular complexity index is 699. The topological polar surface area (TPSA) is 51.0 Å². The van der Waals surface area contributed by atoms with E-state index in [0.29, 0.717) is 16.8 Å². The highest BCUT2D eigenvalue weighted by Gasteiger charge is 2.05. The molecule has 0 unspecified atom stereocenters. The number of nitrogens with zero attached hydrogens (tertiary/aromatic N) is 2. The molecule has 0 spiro atoms. The van der Waals surface area contributed by atoms with Gasteiger partial charge in [-0.25, -0.2) is 9.97 Å². The predicted molar refractivity (Wildman–Crippen MR) is 83.4 cm³/mol.